The fourth-order valence-electron chi connectivity index (χ4n) is 6.37. The van der Waals surface area contributed by atoms with Crippen LogP contribution >= 0.6 is 0 Å². The topological polar surface area (TPSA) is 123 Å². The number of carbonyl (C=O) groups is 2. The molecule has 0 atom stereocenters. The lowest BCUT2D eigenvalue weighted by Crippen LogP contribution is -2.36. The lowest BCUT2D eigenvalue weighted by atomic mass is 10.0. The third-order valence-corrected chi connectivity index (χ3v) is 9.61. The van der Waals surface area contributed by atoms with Crippen LogP contribution in [0.4, 0.5) is 9.59 Å². The average molecular weight is 713 g/mol. The minimum Gasteiger partial charge on any atom is -0.376 e. The third-order valence-electron chi connectivity index (χ3n) is 9.61. The molecule has 50 heavy (non-hydrogen) atoms. The molecule has 0 rings (SSSR count). The Balaban J connectivity index is 0. The first-order valence-electron chi connectivity index (χ1n) is 21.9. The van der Waals surface area contributed by atoms with Crippen molar-refractivity contribution in [2.45, 2.75) is 232 Å². The predicted molar refractivity (Wildman–Crippen MR) is 216 cm³/mol. The number of hydrogen-bond acceptors (Lipinski definition) is 4. The summed E-state index contributed by atoms with van der Waals surface area (Å²) in [6, 6.07) is -0.557. The molecule has 4 amide bonds. The summed E-state index contributed by atoms with van der Waals surface area (Å²) in [4.78, 5) is 22.1. The Hall–Kier alpha value is -1.54. The Morgan fingerprint density at radius 3 is 0.660 bits per heavy atom. The van der Waals surface area contributed by atoms with E-state index in [0.29, 0.717) is 13.1 Å². The predicted octanol–water partition coefficient (Wildman–Crippen LogP) is 11.8. The molecule has 0 saturated carbocycles. The van der Waals surface area contributed by atoms with Crippen LogP contribution in [0.25, 0.3) is 0 Å². The summed E-state index contributed by atoms with van der Waals surface area (Å²) >= 11 is 0. The van der Waals surface area contributed by atoms with E-state index in [2.05, 4.69) is 35.1 Å². The maximum atomic E-state index is 11.0. The van der Waals surface area contributed by atoms with Crippen molar-refractivity contribution in [3.05, 3.63) is 0 Å². The zero-order chi connectivity index (χ0) is 36.9. The number of aliphatic hydroxyl groups is 2. The molecule has 0 fully saturated rings. The first-order valence-corrected chi connectivity index (χ1v) is 21.9. The van der Waals surface area contributed by atoms with Crippen molar-refractivity contribution >= 4 is 12.1 Å². The lowest BCUT2D eigenvalue weighted by molar-refractivity contribution is 0.216. The van der Waals surface area contributed by atoms with E-state index in [4.69, 9.17) is 10.2 Å². The standard InChI is InChI=1S/C22H46N2O2.C20H42N2O2/c1-2-3-4-5-6-7-8-9-10-11-12-13-14-15-16-17-18-19-20-23-22(26)24-21-25;1-2-3-4-5-6-7-8-9-10-11-12-13-14-15-16-17-18-21-20(24)22-19-23/h25H,2-21H2,1H3,(H2,23,24,26);23H,2-19H2,1H3,(H2,21,22,24). The molecule has 0 saturated heterocycles. The largest absolute Gasteiger partial charge is 0.376 e. The number of carbonyl (C=O) groups excluding carboxylic acids is 2. The van der Waals surface area contributed by atoms with Crippen LogP contribution in [0.5, 0.6) is 0 Å². The second-order valence-electron chi connectivity index (χ2n) is 14.5. The van der Waals surface area contributed by atoms with Gasteiger partial charge in [0.2, 0.25) is 0 Å². The second kappa shape index (κ2) is 47.5. The van der Waals surface area contributed by atoms with Crippen molar-refractivity contribution in [3.63, 3.8) is 0 Å². The minimum absolute atomic E-state index is 0.278. The average Bonchev–Trinajstić information content (AvgIpc) is 3.11. The van der Waals surface area contributed by atoms with Crippen LogP contribution in [-0.2, 0) is 0 Å². The monoisotopic (exact) mass is 713 g/mol. The maximum Gasteiger partial charge on any atom is 0.316 e. The number of hydrogen-bond donors (Lipinski definition) is 6. The first-order chi connectivity index (χ1) is 24.6. The van der Waals surface area contributed by atoms with E-state index in [1.807, 2.05) is 0 Å². The molecule has 6 N–H and O–H groups in total. The van der Waals surface area contributed by atoms with E-state index in [-0.39, 0.29) is 25.5 Å². The molecule has 0 spiro atoms. The highest BCUT2D eigenvalue weighted by molar-refractivity contribution is 5.73. The number of aliphatic hydroxyl groups excluding tert-OH is 2. The SMILES string of the molecule is CCCCCCCCCCCCCCCCCCCCNC(=O)NCO.CCCCCCCCCCCCCCCCCCNC(=O)NCO. The van der Waals surface area contributed by atoms with Crippen LogP contribution in [-0.4, -0.2) is 48.8 Å². The Morgan fingerprint density at radius 2 is 0.480 bits per heavy atom. The Kier molecular flexibility index (Phi) is 48.0. The Bertz CT molecular complexity index is 653. The molecule has 0 aromatic heterocycles. The van der Waals surface area contributed by atoms with Crippen LogP contribution in [0.3, 0.4) is 0 Å². The maximum absolute atomic E-state index is 11.0. The lowest BCUT2D eigenvalue weighted by Gasteiger charge is -2.05. The van der Waals surface area contributed by atoms with E-state index in [0.717, 1.165) is 12.8 Å². The third kappa shape index (κ3) is 48.6. The minimum atomic E-state index is -0.301. The fraction of sp³-hybridized carbons (Fsp3) is 0.952. The van der Waals surface area contributed by atoms with Gasteiger partial charge in [0.05, 0.1) is 0 Å². The molecule has 0 aliphatic rings. The van der Waals surface area contributed by atoms with Gasteiger partial charge in [0.25, 0.3) is 0 Å². The smallest absolute Gasteiger partial charge is 0.316 e. The normalized spacial score (nSPS) is 10.8. The highest BCUT2D eigenvalue weighted by Crippen LogP contribution is 2.15. The van der Waals surface area contributed by atoms with Crippen LogP contribution in [0.15, 0.2) is 0 Å². The van der Waals surface area contributed by atoms with Gasteiger partial charge in [-0.2, -0.15) is 0 Å². The number of nitrogens with one attached hydrogen (secondary N) is 4. The molecule has 0 aliphatic carbocycles. The van der Waals surface area contributed by atoms with Gasteiger partial charge in [-0.1, -0.05) is 219 Å². The summed E-state index contributed by atoms with van der Waals surface area (Å²) in [6.45, 7) is 5.35. The molecule has 0 aliphatic heterocycles. The van der Waals surface area contributed by atoms with Gasteiger partial charge < -0.3 is 31.5 Å². The molecule has 8 nitrogen and oxygen atoms in total. The molecule has 8 heteroatoms. The van der Waals surface area contributed by atoms with Crippen molar-refractivity contribution in [2.24, 2.45) is 0 Å². The van der Waals surface area contributed by atoms with Crippen molar-refractivity contribution in [2.75, 3.05) is 26.6 Å². The molecular weight excluding hydrogens is 624 g/mol. The van der Waals surface area contributed by atoms with Gasteiger partial charge >= 0.3 is 12.1 Å². The van der Waals surface area contributed by atoms with E-state index in [9.17, 15) is 9.59 Å². The van der Waals surface area contributed by atoms with Gasteiger partial charge in [0, 0.05) is 13.1 Å². The van der Waals surface area contributed by atoms with Crippen molar-refractivity contribution in [3.8, 4) is 0 Å². The molecule has 0 unspecified atom stereocenters. The Morgan fingerprint density at radius 1 is 0.300 bits per heavy atom. The number of rotatable bonds is 38. The fourth-order valence-corrected chi connectivity index (χ4v) is 6.37. The molecule has 300 valence electrons. The second-order valence-corrected chi connectivity index (χ2v) is 14.5. The van der Waals surface area contributed by atoms with Gasteiger partial charge in [-0.15, -0.1) is 0 Å². The quantitative estimate of drug-likeness (QED) is 0.0282. The summed E-state index contributed by atoms with van der Waals surface area (Å²) in [6.07, 6.45) is 46.4. The van der Waals surface area contributed by atoms with Crippen LogP contribution in [0.1, 0.15) is 232 Å². The first kappa shape index (κ1) is 50.6. The van der Waals surface area contributed by atoms with Gasteiger partial charge in [-0.25, -0.2) is 9.59 Å². The zero-order valence-corrected chi connectivity index (χ0v) is 33.6. The van der Waals surface area contributed by atoms with E-state index in [1.165, 1.54) is 205 Å². The Labute approximate surface area is 311 Å². The van der Waals surface area contributed by atoms with Gasteiger partial charge in [0.1, 0.15) is 13.5 Å². The van der Waals surface area contributed by atoms with Crippen LogP contribution in [0.2, 0.25) is 0 Å². The van der Waals surface area contributed by atoms with Gasteiger partial charge in [-0.05, 0) is 12.8 Å². The highest BCUT2D eigenvalue weighted by atomic mass is 16.3. The number of urea groups is 2. The van der Waals surface area contributed by atoms with Gasteiger partial charge in [-0.3, -0.25) is 0 Å². The summed E-state index contributed by atoms with van der Waals surface area (Å²) in [5.74, 6) is 0. The number of unbranched alkanes of at least 4 members (excludes halogenated alkanes) is 32. The number of amides is 4. The van der Waals surface area contributed by atoms with Gasteiger partial charge in [0.15, 0.2) is 0 Å². The zero-order valence-electron chi connectivity index (χ0n) is 33.6. The highest BCUT2D eigenvalue weighted by Gasteiger charge is 1.99. The summed E-state index contributed by atoms with van der Waals surface area (Å²) in [5, 5.41) is 27.1. The van der Waals surface area contributed by atoms with Crippen molar-refractivity contribution < 1.29 is 19.8 Å². The molecular formula is C42H88N4O4. The summed E-state index contributed by atoms with van der Waals surface area (Å²) in [5.41, 5.74) is 0. The summed E-state index contributed by atoms with van der Waals surface area (Å²) in [7, 11) is 0. The van der Waals surface area contributed by atoms with Crippen LogP contribution in [0, 0.1) is 0 Å². The molecule has 0 radical (unpaired) electrons. The molecule has 0 heterocycles. The molecule has 0 aromatic rings. The summed E-state index contributed by atoms with van der Waals surface area (Å²) < 4.78 is 0. The van der Waals surface area contributed by atoms with Crippen molar-refractivity contribution in [1.82, 2.24) is 21.3 Å². The van der Waals surface area contributed by atoms with E-state index in [1.54, 1.807) is 0 Å². The van der Waals surface area contributed by atoms with Crippen LogP contribution < -0.4 is 21.3 Å². The molecule has 0 aromatic carbocycles. The van der Waals surface area contributed by atoms with Crippen molar-refractivity contribution in [1.29, 1.82) is 0 Å². The van der Waals surface area contributed by atoms with E-state index >= 15 is 0 Å². The molecule has 0 bridgehead atoms. The van der Waals surface area contributed by atoms with E-state index < -0.39 is 0 Å².